The maximum absolute atomic E-state index is 12.3. The molecule has 0 heterocycles. The third-order valence-corrected chi connectivity index (χ3v) is 4.56. The van der Waals surface area contributed by atoms with Gasteiger partial charge in [0.1, 0.15) is 0 Å². The van der Waals surface area contributed by atoms with Crippen LogP contribution in [0.25, 0.3) is 0 Å². The molecule has 1 aromatic rings. The monoisotopic (exact) mass is 282 g/mol. The van der Waals surface area contributed by atoms with Crippen LogP contribution in [0.1, 0.15) is 30.9 Å². The molecule has 1 aromatic carbocycles. The van der Waals surface area contributed by atoms with Gasteiger partial charge < -0.3 is 5.11 Å². The Morgan fingerprint density at radius 3 is 2.68 bits per heavy atom. The minimum Gasteiger partial charge on any atom is -0.396 e. The molecule has 5 nitrogen and oxygen atoms in total. The number of aryl methyl sites for hydroxylation is 1. The van der Waals surface area contributed by atoms with Crippen molar-refractivity contribution >= 4 is 10.0 Å². The highest BCUT2D eigenvalue weighted by molar-refractivity contribution is 7.89. The summed E-state index contributed by atoms with van der Waals surface area (Å²) in [7, 11) is -3.67. The second-order valence-corrected chi connectivity index (χ2v) is 6.01. The molecule has 0 aromatic heterocycles. The van der Waals surface area contributed by atoms with E-state index in [0.717, 1.165) is 0 Å². The molecule has 0 saturated carbocycles. The average molecular weight is 282 g/mol. The Balaban J connectivity index is 3.10. The molecule has 0 fully saturated rings. The number of nitrogens with zero attached hydrogens (tertiary/aromatic N) is 1. The van der Waals surface area contributed by atoms with Crippen molar-refractivity contribution in [1.29, 1.82) is 5.26 Å². The minimum absolute atomic E-state index is 0.0712. The molecule has 0 aliphatic carbocycles. The number of rotatable bonds is 6. The van der Waals surface area contributed by atoms with Gasteiger partial charge in [0.05, 0.1) is 16.5 Å². The summed E-state index contributed by atoms with van der Waals surface area (Å²) in [4.78, 5) is 0.114. The Morgan fingerprint density at radius 2 is 2.16 bits per heavy atom. The number of aliphatic hydroxyl groups is 1. The maximum atomic E-state index is 12.3. The summed E-state index contributed by atoms with van der Waals surface area (Å²) in [6.07, 6.45) is 0.962. The van der Waals surface area contributed by atoms with Gasteiger partial charge in [-0.25, -0.2) is 13.1 Å². The van der Waals surface area contributed by atoms with Gasteiger partial charge in [0, 0.05) is 12.6 Å². The first-order valence-electron chi connectivity index (χ1n) is 6.08. The predicted octanol–water partition coefficient (Wildman–Crippen LogP) is 1.31. The molecule has 0 saturated heterocycles. The van der Waals surface area contributed by atoms with E-state index < -0.39 is 10.0 Å². The number of hydrogen-bond acceptors (Lipinski definition) is 4. The van der Waals surface area contributed by atoms with Gasteiger partial charge in [-0.2, -0.15) is 5.26 Å². The van der Waals surface area contributed by atoms with Gasteiger partial charge >= 0.3 is 0 Å². The van der Waals surface area contributed by atoms with Crippen LogP contribution >= 0.6 is 0 Å². The van der Waals surface area contributed by atoms with Crippen molar-refractivity contribution in [1.82, 2.24) is 4.72 Å². The molecular weight excluding hydrogens is 264 g/mol. The summed E-state index contributed by atoms with van der Waals surface area (Å²) < 4.78 is 27.1. The molecule has 0 radical (unpaired) electrons. The van der Waals surface area contributed by atoms with Crippen LogP contribution in [0.5, 0.6) is 0 Å². The first-order chi connectivity index (χ1) is 8.94. The number of nitrogens with one attached hydrogen (secondary N) is 1. The smallest absolute Gasteiger partial charge is 0.241 e. The van der Waals surface area contributed by atoms with Crippen LogP contribution in [0.4, 0.5) is 0 Å². The molecule has 1 rings (SSSR count). The van der Waals surface area contributed by atoms with Crippen molar-refractivity contribution in [3.8, 4) is 6.07 Å². The SMILES string of the molecule is CCC(CCO)NS(=O)(=O)c1cc(C#N)ccc1C. The van der Waals surface area contributed by atoms with Crippen LogP contribution in [0.3, 0.4) is 0 Å². The minimum atomic E-state index is -3.67. The largest absolute Gasteiger partial charge is 0.396 e. The van der Waals surface area contributed by atoms with Crippen molar-refractivity contribution in [2.24, 2.45) is 0 Å². The molecule has 0 bridgehead atoms. The lowest BCUT2D eigenvalue weighted by Gasteiger charge is -2.17. The van der Waals surface area contributed by atoms with Gasteiger partial charge in [-0.15, -0.1) is 0 Å². The van der Waals surface area contributed by atoms with Gasteiger partial charge in [0.25, 0.3) is 0 Å². The molecule has 1 atom stereocenters. The molecule has 0 aliphatic heterocycles. The van der Waals surface area contributed by atoms with Gasteiger partial charge in [0.2, 0.25) is 10.0 Å². The highest BCUT2D eigenvalue weighted by Crippen LogP contribution is 2.17. The second kappa shape index (κ2) is 6.66. The number of benzene rings is 1. The van der Waals surface area contributed by atoms with E-state index in [9.17, 15) is 8.42 Å². The molecule has 2 N–H and O–H groups in total. The average Bonchev–Trinajstić information content (AvgIpc) is 2.38. The normalized spacial score (nSPS) is 12.9. The first kappa shape index (κ1) is 15.6. The number of hydrogen-bond donors (Lipinski definition) is 2. The summed E-state index contributed by atoms with van der Waals surface area (Å²) in [5, 5.41) is 17.7. The van der Waals surface area contributed by atoms with Gasteiger partial charge in [0.15, 0.2) is 0 Å². The standard InChI is InChI=1S/C13H18N2O3S/c1-3-12(6-7-16)15-19(17,18)13-8-11(9-14)5-4-10(13)2/h4-5,8,12,15-16H,3,6-7H2,1-2H3. The topological polar surface area (TPSA) is 90.2 Å². The lowest BCUT2D eigenvalue weighted by molar-refractivity contribution is 0.270. The Bertz CT molecular complexity index is 576. The summed E-state index contributed by atoms with van der Waals surface area (Å²) in [5.41, 5.74) is 0.895. The van der Waals surface area contributed by atoms with Gasteiger partial charge in [-0.05, 0) is 37.5 Å². The Kier molecular flexibility index (Phi) is 5.48. The van der Waals surface area contributed by atoms with Crippen molar-refractivity contribution in [2.45, 2.75) is 37.6 Å². The Morgan fingerprint density at radius 1 is 1.47 bits per heavy atom. The zero-order valence-corrected chi connectivity index (χ0v) is 11.9. The zero-order valence-electron chi connectivity index (χ0n) is 11.0. The molecule has 6 heteroatoms. The number of aliphatic hydroxyl groups excluding tert-OH is 1. The van der Waals surface area contributed by atoms with Crippen molar-refractivity contribution < 1.29 is 13.5 Å². The maximum Gasteiger partial charge on any atom is 0.241 e. The highest BCUT2D eigenvalue weighted by atomic mass is 32.2. The summed E-state index contributed by atoms with van der Waals surface area (Å²) in [6, 6.07) is 6.18. The summed E-state index contributed by atoms with van der Waals surface area (Å²) in [5.74, 6) is 0. The highest BCUT2D eigenvalue weighted by Gasteiger charge is 2.21. The van der Waals surface area contributed by atoms with Crippen molar-refractivity contribution in [2.75, 3.05) is 6.61 Å². The molecule has 1 unspecified atom stereocenters. The third-order valence-electron chi connectivity index (χ3n) is 2.90. The molecule has 0 amide bonds. The third kappa shape index (κ3) is 4.03. The Labute approximate surface area is 113 Å². The first-order valence-corrected chi connectivity index (χ1v) is 7.56. The van der Waals surface area contributed by atoms with Crippen molar-refractivity contribution in [3.63, 3.8) is 0 Å². The lowest BCUT2D eigenvalue weighted by Crippen LogP contribution is -2.35. The van der Waals surface area contributed by atoms with E-state index in [4.69, 9.17) is 10.4 Å². The lowest BCUT2D eigenvalue weighted by atomic mass is 10.2. The molecule has 104 valence electrons. The van der Waals surface area contributed by atoms with Gasteiger partial charge in [-0.1, -0.05) is 13.0 Å². The number of nitriles is 1. The van der Waals surface area contributed by atoms with E-state index in [0.29, 0.717) is 24.0 Å². The van der Waals surface area contributed by atoms with Crippen molar-refractivity contribution in [3.05, 3.63) is 29.3 Å². The fourth-order valence-electron chi connectivity index (χ4n) is 1.74. The van der Waals surface area contributed by atoms with E-state index in [1.165, 1.54) is 6.07 Å². The van der Waals surface area contributed by atoms with E-state index in [-0.39, 0.29) is 17.5 Å². The predicted molar refractivity (Wildman–Crippen MR) is 72.0 cm³/mol. The van der Waals surface area contributed by atoms with E-state index in [1.54, 1.807) is 19.1 Å². The van der Waals surface area contributed by atoms with Crippen LogP contribution in [0, 0.1) is 18.3 Å². The van der Waals surface area contributed by atoms with Crippen LogP contribution < -0.4 is 4.72 Å². The van der Waals surface area contributed by atoms with Crippen LogP contribution in [-0.2, 0) is 10.0 Å². The fourth-order valence-corrected chi connectivity index (χ4v) is 3.37. The van der Waals surface area contributed by atoms with E-state index in [1.807, 2.05) is 13.0 Å². The Hall–Kier alpha value is -1.42. The summed E-state index contributed by atoms with van der Waals surface area (Å²) in [6.45, 7) is 3.46. The molecular formula is C13H18N2O3S. The van der Waals surface area contributed by atoms with E-state index in [2.05, 4.69) is 4.72 Å². The second-order valence-electron chi connectivity index (χ2n) is 4.33. The fraction of sp³-hybridized carbons (Fsp3) is 0.462. The van der Waals surface area contributed by atoms with Crippen LogP contribution in [-0.4, -0.2) is 26.2 Å². The molecule has 0 spiro atoms. The quantitative estimate of drug-likeness (QED) is 0.823. The van der Waals surface area contributed by atoms with E-state index >= 15 is 0 Å². The zero-order chi connectivity index (χ0) is 14.5. The number of sulfonamides is 1. The van der Waals surface area contributed by atoms with Crippen LogP contribution in [0.15, 0.2) is 23.1 Å². The van der Waals surface area contributed by atoms with Gasteiger partial charge in [-0.3, -0.25) is 0 Å². The molecule has 0 aliphatic rings. The summed E-state index contributed by atoms with van der Waals surface area (Å²) >= 11 is 0. The van der Waals surface area contributed by atoms with Crippen LogP contribution in [0.2, 0.25) is 0 Å². The molecule has 19 heavy (non-hydrogen) atoms.